The summed E-state index contributed by atoms with van der Waals surface area (Å²) < 4.78 is 0. The molecular weight excluding hydrogens is 226 g/mol. The highest BCUT2D eigenvalue weighted by atomic mass is 16.1. The lowest BCUT2D eigenvalue weighted by atomic mass is 9.87. The number of benzene rings is 1. The van der Waals surface area contributed by atoms with E-state index in [9.17, 15) is 4.79 Å². The summed E-state index contributed by atoms with van der Waals surface area (Å²) in [6, 6.07) is 9.45. The van der Waals surface area contributed by atoms with Gasteiger partial charge in [0.15, 0.2) is 0 Å². The predicted molar refractivity (Wildman–Crippen MR) is 70.5 cm³/mol. The van der Waals surface area contributed by atoms with Crippen LogP contribution in [0, 0.1) is 5.92 Å². The molecule has 4 nitrogen and oxygen atoms in total. The number of hydrogen-bond donors (Lipinski definition) is 0. The van der Waals surface area contributed by atoms with Crippen LogP contribution < -0.4 is 0 Å². The number of Topliss-reactive ketones (excluding diaryl/α,β-unsaturated/α-hetero) is 1. The van der Waals surface area contributed by atoms with E-state index in [-0.39, 0.29) is 11.7 Å². The van der Waals surface area contributed by atoms with E-state index in [0.29, 0.717) is 12.1 Å². The number of carbonyl (C=O) groups is 1. The normalized spacial score (nSPS) is 20.3. The number of allylic oxidation sites excluding steroid dienone is 1. The molecule has 1 aliphatic carbocycles. The van der Waals surface area contributed by atoms with Gasteiger partial charge in [-0.1, -0.05) is 47.9 Å². The first-order chi connectivity index (χ1) is 8.81. The van der Waals surface area contributed by atoms with Gasteiger partial charge in [0.1, 0.15) is 5.78 Å². The Hall–Kier alpha value is -2.06. The first-order valence-corrected chi connectivity index (χ1v) is 6.16. The number of nitrogens with zero attached hydrogens (tertiary/aromatic N) is 3. The maximum atomic E-state index is 11.8. The molecule has 0 aliphatic heterocycles. The fourth-order valence-corrected chi connectivity index (χ4v) is 2.22. The highest BCUT2D eigenvalue weighted by Gasteiger charge is 2.20. The van der Waals surface area contributed by atoms with Crippen molar-refractivity contribution in [1.82, 2.24) is 0 Å². The predicted octanol–water partition coefficient (Wildman–Crippen LogP) is 4.10. The molecule has 1 unspecified atom stereocenters. The van der Waals surface area contributed by atoms with Crippen molar-refractivity contribution in [3.8, 4) is 0 Å². The highest BCUT2D eigenvalue weighted by Crippen LogP contribution is 2.26. The molecule has 0 N–H and O–H groups in total. The SMILES string of the molecule is [N-]=[N+]=NC(=CC1CCCCC1=O)c1ccccc1. The molecule has 0 spiro atoms. The fourth-order valence-electron chi connectivity index (χ4n) is 2.22. The molecule has 4 heteroatoms. The van der Waals surface area contributed by atoms with Crippen molar-refractivity contribution < 1.29 is 4.79 Å². The second-order valence-corrected chi connectivity index (χ2v) is 4.43. The minimum atomic E-state index is -0.0977. The van der Waals surface area contributed by atoms with E-state index in [1.54, 1.807) is 0 Å². The number of rotatable bonds is 3. The smallest absolute Gasteiger partial charge is 0.139 e. The van der Waals surface area contributed by atoms with Crippen LogP contribution >= 0.6 is 0 Å². The van der Waals surface area contributed by atoms with E-state index < -0.39 is 0 Å². The van der Waals surface area contributed by atoms with Crippen LogP contribution in [0.2, 0.25) is 0 Å². The molecule has 92 valence electrons. The third-order valence-corrected chi connectivity index (χ3v) is 3.18. The van der Waals surface area contributed by atoms with Gasteiger partial charge in [0, 0.05) is 22.9 Å². The van der Waals surface area contributed by atoms with E-state index in [4.69, 9.17) is 5.53 Å². The van der Waals surface area contributed by atoms with E-state index in [2.05, 4.69) is 10.0 Å². The Morgan fingerprint density at radius 2 is 2.11 bits per heavy atom. The summed E-state index contributed by atoms with van der Waals surface area (Å²) in [6.45, 7) is 0. The van der Waals surface area contributed by atoms with Crippen molar-refractivity contribution >= 4 is 11.5 Å². The molecule has 0 radical (unpaired) electrons. The summed E-state index contributed by atoms with van der Waals surface area (Å²) in [5, 5.41) is 3.71. The molecule has 0 saturated heterocycles. The number of carbonyl (C=O) groups excluding carboxylic acids is 1. The fraction of sp³-hybridized carbons (Fsp3) is 0.357. The van der Waals surface area contributed by atoms with Crippen LogP contribution in [0.4, 0.5) is 0 Å². The van der Waals surface area contributed by atoms with Gasteiger partial charge in [-0.15, -0.1) is 0 Å². The lowest BCUT2D eigenvalue weighted by molar-refractivity contribution is -0.122. The quantitative estimate of drug-likeness (QED) is 0.446. The standard InChI is InChI=1S/C14H15N3O/c15-17-16-13(11-6-2-1-3-7-11)10-12-8-4-5-9-14(12)18/h1-3,6-7,10,12H,4-5,8-9H2. The third kappa shape index (κ3) is 2.99. The van der Waals surface area contributed by atoms with E-state index >= 15 is 0 Å². The number of ketones is 1. The van der Waals surface area contributed by atoms with Crippen molar-refractivity contribution in [3.63, 3.8) is 0 Å². The largest absolute Gasteiger partial charge is 0.299 e. The maximum Gasteiger partial charge on any atom is 0.139 e. The Kier molecular flexibility index (Phi) is 4.15. The third-order valence-electron chi connectivity index (χ3n) is 3.18. The molecule has 1 aliphatic rings. The first-order valence-electron chi connectivity index (χ1n) is 6.16. The zero-order valence-electron chi connectivity index (χ0n) is 10.1. The molecular formula is C14H15N3O. The minimum Gasteiger partial charge on any atom is -0.299 e. The van der Waals surface area contributed by atoms with Crippen molar-refractivity contribution in [2.75, 3.05) is 0 Å². The molecule has 1 aromatic carbocycles. The van der Waals surface area contributed by atoms with Gasteiger partial charge < -0.3 is 0 Å². The van der Waals surface area contributed by atoms with Gasteiger partial charge in [0.2, 0.25) is 0 Å². The Bertz CT molecular complexity index is 501. The zero-order chi connectivity index (χ0) is 12.8. The molecule has 0 heterocycles. The number of hydrogen-bond acceptors (Lipinski definition) is 2. The van der Waals surface area contributed by atoms with Crippen LogP contribution in [-0.4, -0.2) is 5.78 Å². The average molecular weight is 241 g/mol. The van der Waals surface area contributed by atoms with Gasteiger partial charge in [0.25, 0.3) is 0 Å². The Morgan fingerprint density at radius 1 is 1.33 bits per heavy atom. The molecule has 2 rings (SSSR count). The molecule has 0 aromatic heterocycles. The molecule has 18 heavy (non-hydrogen) atoms. The molecule has 0 amide bonds. The maximum absolute atomic E-state index is 11.8. The summed E-state index contributed by atoms with van der Waals surface area (Å²) in [7, 11) is 0. The highest BCUT2D eigenvalue weighted by molar-refractivity contribution is 5.85. The molecule has 1 aromatic rings. The van der Waals surface area contributed by atoms with Gasteiger partial charge in [-0.25, -0.2) is 0 Å². The van der Waals surface area contributed by atoms with Crippen LogP contribution in [0.25, 0.3) is 16.1 Å². The molecule has 1 atom stereocenters. The molecule has 0 bridgehead atoms. The Morgan fingerprint density at radius 3 is 2.78 bits per heavy atom. The Balaban J connectivity index is 2.30. The lowest BCUT2D eigenvalue weighted by Crippen LogP contribution is -2.17. The Labute approximate surface area is 106 Å². The summed E-state index contributed by atoms with van der Waals surface area (Å²) in [4.78, 5) is 14.6. The van der Waals surface area contributed by atoms with Crippen LogP contribution in [0.1, 0.15) is 31.2 Å². The lowest BCUT2D eigenvalue weighted by Gasteiger charge is -2.17. The zero-order valence-corrected chi connectivity index (χ0v) is 10.1. The summed E-state index contributed by atoms with van der Waals surface area (Å²) in [5.74, 6) is 0.155. The summed E-state index contributed by atoms with van der Waals surface area (Å²) in [5.41, 5.74) is 10.0. The van der Waals surface area contributed by atoms with Crippen molar-refractivity contribution in [2.45, 2.75) is 25.7 Å². The minimum absolute atomic E-state index is 0.0977. The van der Waals surface area contributed by atoms with Crippen LogP contribution in [-0.2, 0) is 4.79 Å². The summed E-state index contributed by atoms with van der Waals surface area (Å²) in [6.07, 6.45) is 5.35. The first kappa shape index (κ1) is 12.4. The second kappa shape index (κ2) is 6.03. The van der Waals surface area contributed by atoms with E-state index in [1.807, 2.05) is 36.4 Å². The molecule has 1 saturated carbocycles. The topological polar surface area (TPSA) is 65.8 Å². The van der Waals surface area contributed by atoms with Gasteiger partial charge in [0.05, 0.1) is 0 Å². The van der Waals surface area contributed by atoms with E-state index in [0.717, 1.165) is 24.8 Å². The molecule has 1 fully saturated rings. The van der Waals surface area contributed by atoms with Crippen molar-refractivity contribution in [2.24, 2.45) is 11.0 Å². The van der Waals surface area contributed by atoms with Crippen molar-refractivity contribution in [1.29, 1.82) is 0 Å². The second-order valence-electron chi connectivity index (χ2n) is 4.43. The van der Waals surface area contributed by atoms with Crippen LogP contribution in [0.5, 0.6) is 0 Å². The van der Waals surface area contributed by atoms with Gasteiger partial charge in [-0.3, -0.25) is 4.79 Å². The van der Waals surface area contributed by atoms with Gasteiger partial charge >= 0.3 is 0 Å². The monoisotopic (exact) mass is 241 g/mol. The van der Waals surface area contributed by atoms with Crippen LogP contribution in [0.15, 0.2) is 41.5 Å². The average Bonchev–Trinajstić information content (AvgIpc) is 2.42. The number of azide groups is 1. The van der Waals surface area contributed by atoms with Crippen LogP contribution in [0.3, 0.4) is 0 Å². The van der Waals surface area contributed by atoms with Gasteiger partial charge in [-0.05, 0) is 23.9 Å². The van der Waals surface area contributed by atoms with E-state index in [1.165, 1.54) is 0 Å². The van der Waals surface area contributed by atoms with Gasteiger partial charge in [-0.2, -0.15) is 0 Å². The van der Waals surface area contributed by atoms with Crippen molar-refractivity contribution in [3.05, 3.63) is 52.4 Å². The summed E-state index contributed by atoms with van der Waals surface area (Å²) >= 11 is 0.